The van der Waals surface area contributed by atoms with Gasteiger partial charge >= 0.3 is 0 Å². The Bertz CT molecular complexity index is 387. The second kappa shape index (κ2) is 2.09. The average molecular weight is 146 g/mol. The van der Waals surface area contributed by atoms with E-state index < -0.39 is 0 Å². The maximum absolute atomic E-state index is 4.19. The molecule has 0 aliphatic heterocycles. The number of hydrogen-bond acceptors (Lipinski definition) is 1. The SMILES string of the molecule is Cc1cc2cc(C)[nH]c2cn1. The van der Waals surface area contributed by atoms with E-state index >= 15 is 0 Å². The van der Waals surface area contributed by atoms with Crippen molar-refractivity contribution >= 4 is 10.9 Å². The second-order valence-corrected chi connectivity index (χ2v) is 2.87. The van der Waals surface area contributed by atoms with Crippen LogP contribution >= 0.6 is 0 Å². The third-order valence-electron chi connectivity index (χ3n) is 1.78. The zero-order chi connectivity index (χ0) is 7.84. The summed E-state index contributed by atoms with van der Waals surface area (Å²) in [5, 5.41) is 1.25. The minimum atomic E-state index is 1.07. The number of aromatic amines is 1. The Morgan fingerprint density at radius 1 is 1.27 bits per heavy atom. The van der Waals surface area contributed by atoms with Crippen LogP contribution in [0.2, 0.25) is 0 Å². The molecule has 0 radical (unpaired) electrons. The summed E-state index contributed by atoms with van der Waals surface area (Å²) >= 11 is 0. The Hall–Kier alpha value is -1.31. The van der Waals surface area contributed by atoms with Crippen LogP contribution in [0.5, 0.6) is 0 Å². The van der Waals surface area contributed by atoms with Crippen LogP contribution in [0.3, 0.4) is 0 Å². The van der Waals surface area contributed by atoms with E-state index in [-0.39, 0.29) is 0 Å². The van der Waals surface area contributed by atoms with E-state index in [1.807, 2.05) is 13.1 Å². The molecule has 0 bridgehead atoms. The van der Waals surface area contributed by atoms with Gasteiger partial charge in [-0.1, -0.05) is 0 Å². The van der Waals surface area contributed by atoms with Gasteiger partial charge in [-0.05, 0) is 26.0 Å². The number of aromatic nitrogens is 2. The molecule has 2 heteroatoms. The molecule has 2 nitrogen and oxygen atoms in total. The first-order valence-electron chi connectivity index (χ1n) is 3.68. The molecule has 0 saturated carbocycles. The standard InChI is InChI=1S/C9H10N2/c1-6-3-8-4-7(2)11-9(8)5-10-6/h3-5,11H,1-2H3. The summed E-state index contributed by atoms with van der Waals surface area (Å²) in [6, 6.07) is 4.21. The number of fused-ring (bicyclic) bond motifs is 1. The Balaban J connectivity index is 2.82. The van der Waals surface area contributed by atoms with Gasteiger partial charge < -0.3 is 4.98 Å². The highest BCUT2D eigenvalue weighted by molar-refractivity contribution is 5.79. The van der Waals surface area contributed by atoms with E-state index in [1.165, 1.54) is 11.1 Å². The molecular weight excluding hydrogens is 136 g/mol. The van der Waals surface area contributed by atoms with Gasteiger partial charge in [-0.15, -0.1) is 0 Å². The molecule has 0 amide bonds. The number of rotatable bonds is 0. The molecule has 2 rings (SSSR count). The van der Waals surface area contributed by atoms with Crippen LogP contribution in [-0.4, -0.2) is 9.97 Å². The summed E-state index contributed by atoms with van der Waals surface area (Å²) in [5.74, 6) is 0. The lowest BCUT2D eigenvalue weighted by Crippen LogP contribution is -1.77. The quantitative estimate of drug-likeness (QED) is 0.606. The summed E-state index contributed by atoms with van der Waals surface area (Å²) < 4.78 is 0. The maximum atomic E-state index is 4.19. The van der Waals surface area contributed by atoms with Gasteiger partial charge in [0.25, 0.3) is 0 Å². The molecule has 1 N–H and O–H groups in total. The van der Waals surface area contributed by atoms with Crippen LogP contribution in [0.1, 0.15) is 11.4 Å². The van der Waals surface area contributed by atoms with Crippen molar-refractivity contribution in [3.8, 4) is 0 Å². The zero-order valence-electron chi connectivity index (χ0n) is 6.68. The predicted octanol–water partition coefficient (Wildman–Crippen LogP) is 2.18. The monoisotopic (exact) mass is 146 g/mol. The molecule has 2 heterocycles. The number of H-pyrrole nitrogens is 1. The number of pyridine rings is 1. The summed E-state index contributed by atoms with van der Waals surface area (Å²) in [4.78, 5) is 7.41. The Morgan fingerprint density at radius 2 is 2.09 bits per heavy atom. The Labute approximate surface area is 65.3 Å². The molecule has 0 spiro atoms. The highest BCUT2D eigenvalue weighted by atomic mass is 14.8. The molecule has 0 unspecified atom stereocenters. The van der Waals surface area contributed by atoms with Gasteiger partial charge in [0.05, 0.1) is 11.7 Å². The van der Waals surface area contributed by atoms with Crippen LogP contribution in [-0.2, 0) is 0 Å². The molecule has 2 aromatic rings. The second-order valence-electron chi connectivity index (χ2n) is 2.87. The van der Waals surface area contributed by atoms with Gasteiger partial charge in [0.15, 0.2) is 0 Å². The minimum Gasteiger partial charge on any atom is -0.357 e. The van der Waals surface area contributed by atoms with Crippen LogP contribution in [0, 0.1) is 13.8 Å². The molecular formula is C9H10N2. The van der Waals surface area contributed by atoms with Crippen LogP contribution in [0.25, 0.3) is 10.9 Å². The van der Waals surface area contributed by atoms with Crippen molar-refractivity contribution < 1.29 is 0 Å². The van der Waals surface area contributed by atoms with E-state index in [0.717, 1.165) is 11.2 Å². The molecule has 0 fully saturated rings. The summed E-state index contributed by atoms with van der Waals surface area (Å²) in [5.41, 5.74) is 3.37. The number of nitrogens with one attached hydrogen (secondary N) is 1. The average Bonchev–Trinajstić information content (AvgIpc) is 2.27. The van der Waals surface area contributed by atoms with Gasteiger partial charge in [0, 0.05) is 16.8 Å². The third-order valence-corrected chi connectivity index (χ3v) is 1.78. The van der Waals surface area contributed by atoms with Crippen molar-refractivity contribution in [2.24, 2.45) is 0 Å². The molecule has 0 aliphatic carbocycles. The smallest absolute Gasteiger partial charge is 0.0642 e. The van der Waals surface area contributed by atoms with Gasteiger partial charge in [-0.3, -0.25) is 4.98 Å². The Morgan fingerprint density at radius 3 is 2.91 bits per heavy atom. The van der Waals surface area contributed by atoms with Gasteiger partial charge in [0.1, 0.15) is 0 Å². The fraction of sp³-hybridized carbons (Fsp3) is 0.222. The molecule has 11 heavy (non-hydrogen) atoms. The first-order valence-corrected chi connectivity index (χ1v) is 3.68. The molecule has 0 aliphatic rings. The molecule has 0 saturated heterocycles. The van der Waals surface area contributed by atoms with Gasteiger partial charge in [-0.25, -0.2) is 0 Å². The van der Waals surface area contributed by atoms with E-state index in [1.54, 1.807) is 0 Å². The lowest BCUT2D eigenvalue weighted by Gasteiger charge is -1.89. The van der Waals surface area contributed by atoms with Gasteiger partial charge in [0.2, 0.25) is 0 Å². The fourth-order valence-electron chi connectivity index (χ4n) is 1.29. The van der Waals surface area contributed by atoms with Crippen molar-refractivity contribution in [1.82, 2.24) is 9.97 Å². The number of aryl methyl sites for hydroxylation is 2. The summed E-state index contributed by atoms with van der Waals surface area (Å²) in [7, 11) is 0. The van der Waals surface area contributed by atoms with Crippen LogP contribution in [0.15, 0.2) is 18.3 Å². The predicted molar refractivity (Wildman–Crippen MR) is 45.6 cm³/mol. The summed E-state index contributed by atoms with van der Waals surface area (Å²) in [6.45, 7) is 4.05. The third kappa shape index (κ3) is 1.00. The van der Waals surface area contributed by atoms with Crippen molar-refractivity contribution in [3.63, 3.8) is 0 Å². The van der Waals surface area contributed by atoms with Crippen LogP contribution < -0.4 is 0 Å². The molecule has 56 valence electrons. The van der Waals surface area contributed by atoms with Crippen molar-refractivity contribution in [1.29, 1.82) is 0 Å². The van der Waals surface area contributed by atoms with Crippen molar-refractivity contribution in [3.05, 3.63) is 29.7 Å². The lowest BCUT2D eigenvalue weighted by molar-refractivity contribution is 1.21. The minimum absolute atomic E-state index is 1.07. The molecule has 0 atom stereocenters. The fourth-order valence-corrected chi connectivity index (χ4v) is 1.29. The summed E-state index contributed by atoms with van der Waals surface area (Å²) in [6.07, 6.45) is 1.87. The lowest BCUT2D eigenvalue weighted by atomic mass is 10.3. The molecule has 0 aromatic carbocycles. The van der Waals surface area contributed by atoms with Crippen molar-refractivity contribution in [2.45, 2.75) is 13.8 Å². The highest BCUT2D eigenvalue weighted by Gasteiger charge is 1.96. The van der Waals surface area contributed by atoms with E-state index in [0.29, 0.717) is 0 Å². The normalized spacial score (nSPS) is 10.7. The molecule has 2 aromatic heterocycles. The first kappa shape index (κ1) is 6.40. The zero-order valence-corrected chi connectivity index (χ0v) is 6.68. The topological polar surface area (TPSA) is 28.7 Å². The maximum Gasteiger partial charge on any atom is 0.0642 e. The highest BCUT2D eigenvalue weighted by Crippen LogP contribution is 2.13. The first-order chi connectivity index (χ1) is 5.25. The van der Waals surface area contributed by atoms with Gasteiger partial charge in [-0.2, -0.15) is 0 Å². The van der Waals surface area contributed by atoms with Crippen LogP contribution in [0.4, 0.5) is 0 Å². The largest absolute Gasteiger partial charge is 0.357 e. The Kier molecular flexibility index (Phi) is 1.22. The number of hydrogen-bond donors (Lipinski definition) is 1. The van der Waals surface area contributed by atoms with Crippen molar-refractivity contribution in [2.75, 3.05) is 0 Å². The van der Waals surface area contributed by atoms with E-state index in [2.05, 4.69) is 29.0 Å². The van der Waals surface area contributed by atoms with E-state index in [9.17, 15) is 0 Å². The van der Waals surface area contributed by atoms with E-state index in [4.69, 9.17) is 0 Å². The number of nitrogens with zero attached hydrogens (tertiary/aromatic N) is 1.